The summed E-state index contributed by atoms with van der Waals surface area (Å²) in [7, 11) is 0. The van der Waals surface area contributed by atoms with Gasteiger partial charge >= 0.3 is 0 Å². The van der Waals surface area contributed by atoms with Crippen molar-refractivity contribution in [3.8, 4) is 0 Å². The monoisotopic (exact) mass is 186 g/mol. The van der Waals surface area contributed by atoms with Crippen molar-refractivity contribution < 1.29 is 0 Å². The Hall–Kier alpha value is -1.57. The molecule has 0 saturated carbocycles. The van der Waals surface area contributed by atoms with E-state index >= 15 is 0 Å². The minimum atomic E-state index is 1.02. The van der Waals surface area contributed by atoms with E-state index in [1.165, 1.54) is 16.5 Å². The first-order valence-electron chi connectivity index (χ1n) is 4.98. The standard InChI is InChI=1S/C12H14N2/c1-2-6-14-12-4-3-11-9-13-7-5-10(11)8-12/h3-5,7-9,14H,2,6H2,1H3. The molecule has 0 spiro atoms. The molecule has 1 N–H and O–H groups in total. The van der Waals surface area contributed by atoms with E-state index in [-0.39, 0.29) is 0 Å². The summed E-state index contributed by atoms with van der Waals surface area (Å²) in [5.74, 6) is 0. The number of hydrogen-bond donors (Lipinski definition) is 1. The molecule has 72 valence electrons. The first kappa shape index (κ1) is 9.00. The lowest BCUT2D eigenvalue weighted by Crippen LogP contribution is -1.98. The molecule has 0 atom stereocenters. The number of pyridine rings is 1. The SMILES string of the molecule is CCCNc1ccc2cnccc2c1. The van der Waals surface area contributed by atoms with Gasteiger partial charge in [-0.1, -0.05) is 13.0 Å². The van der Waals surface area contributed by atoms with Crippen LogP contribution in [0.25, 0.3) is 10.8 Å². The van der Waals surface area contributed by atoms with Gasteiger partial charge in [0.05, 0.1) is 0 Å². The highest BCUT2D eigenvalue weighted by atomic mass is 14.9. The molecule has 1 heterocycles. The van der Waals surface area contributed by atoms with Crippen LogP contribution in [0.3, 0.4) is 0 Å². The van der Waals surface area contributed by atoms with E-state index in [0.29, 0.717) is 0 Å². The molecule has 0 radical (unpaired) electrons. The molecular weight excluding hydrogens is 172 g/mol. The number of aromatic nitrogens is 1. The molecule has 0 aliphatic rings. The van der Waals surface area contributed by atoms with Crippen molar-refractivity contribution in [3.63, 3.8) is 0 Å². The number of nitrogens with one attached hydrogen (secondary N) is 1. The van der Waals surface area contributed by atoms with Gasteiger partial charge in [-0.15, -0.1) is 0 Å². The Morgan fingerprint density at radius 3 is 3.00 bits per heavy atom. The van der Waals surface area contributed by atoms with Gasteiger partial charge in [0.25, 0.3) is 0 Å². The molecular formula is C12H14N2. The van der Waals surface area contributed by atoms with E-state index in [2.05, 4.69) is 35.4 Å². The van der Waals surface area contributed by atoms with Gasteiger partial charge in [-0.2, -0.15) is 0 Å². The summed E-state index contributed by atoms with van der Waals surface area (Å²) in [6.45, 7) is 3.19. The first-order chi connectivity index (χ1) is 6.90. The lowest BCUT2D eigenvalue weighted by molar-refractivity contribution is 0.980. The van der Waals surface area contributed by atoms with Gasteiger partial charge in [-0.3, -0.25) is 4.98 Å². The summed E-state index contributed by atoms with van der Waals surface area (Å²) in [4.78, 5) is 4.08. The van der Waals surface area contributed by atoms with Crippen LogP contribution >= 0.6 is 0 Å². The molecule has 0 aliphatic carbocycles. The molecule has 0 saturated heterocycles. The Balaban J connectivity index is 2.32. The predicted octanol–water partition coefficient (Wildman–Crippen LogP) is 3.06. The van der Waals surface area contributed by atoms with E-state index in [1.807, 2.05) is 18.5 Å². The third-order valence-electron chi connectivity index (χ3n) is 2.22. The molecule has 1 aromatic heterocycles. The molecule has 0 fully saturated rings. The number of benzene rings is 1. The lowest BCUT2D eigenvalue weighted by atomic mass is 10.1. The number of anilines is 1. The molecule has 0 bridgehead atoms. The Labute approximate surface area is 84.0 Å². The van der Waals surface area contributed by atoms with Crippen LogP contribution in [0.2, 0.25) is 0 Å². The van der Waals surface area contributed by atoms with Gasteiger partial charge in [0.2, 0.25) is 0 Å². The fraction of sp³-hybridized carbons (Fsp3) is 0.250. The second kappa shape index (κ2) is 4.09. The van der Waals surface area contributed by atoms with Crippen LogP contribution in [0.15, 0.2) is 36.7 Å². The summed E-state index contributed by atoms with van der Waals surface area (Å²) in [6.07, 6.45) is 4.86. The highest BCUT2D eigenvalue weighted by Gasteiger charge is 1.94. The molecule has 2 heteroatoms. The zero-order chi connectivity index (χ0) is 9.80. The van der Waals surface area contributed by atoms with Crippen molar-refractivity contribution in [2.45, 2.75) is 13.3 Å². The summed E-state index contributed by atoms with van der Waals surface area (Å²) >= 11 is 0. The van der Waals surface area contributed by atoms with Crippen LogP contribution in [0, 0.1) is 0 Å². The number of fused-ring (bicyclic) bond motifs is 1. The van der Waals surface area contributed by atoms with E-state index in [9.17, 15) is 0 Å². The van der Waals surface area contributed by atoms with Gasteiger partial charge in [0.15, 0.2) is 0 Å². The predicted molar refractivity (Wildman–Crippen MR) is 60.5 cm³/mol. The van der Waals surface area contributed by atoms with Gasteiger partial charge in [-0.05, 0) is 30.0 Å². The van der Waals surface area contributed by atoms with Crippen LogP contribution in [0.5, 0.6) is 0 Å². The molecule has 14 heavy (non-hydrogen) atoms. The lowest BCUT2D eigenvalue weighted by Gasteiger charge is -2.05. The fourth-order valence-electron chi connectivity index (χ4n) is 1.46. The topological polar surface area (TPSA) is 24.9 Å². The Morgan fingerprint density at radius 2 is 2.14 bits per heavy atom. The van der Waals surface area contributed by atoms with E-state index in [0.717, 1.165) is 13.0 Å². The molecule has 2 rings (SSSR count). The Morgan fingerprint density at radius 1 is 1.21 bits per heavy atom. The highest BCUT2D eigenvalue weighted by Crippen LogP contribution is 2.17. The fourth-order valence-corrected chi connectivity index (χ4v) is 1.46. The van der Waals surface area contributed by atoms with Crippen LogP contribution in [-0.4, -0.2) is 11.5 Å². The third-order valence-corrected chi connectivity index (χ3v) is 2.22. The minimum absolute atomic E-state index is 1.02. The maximum Gasteiger partial charge on any atom is 0.0346 e. The number of hydrogen-bond acceptors (Lipinski definition) is 2. The van der Waals surface area contributed by atoms with Gasteiger partial charge in [0.1, 0.15) is 0 Å². The van der Waals surface area contributed by atoms with E-state index in [1.54, 1.807) is 0 Å². The molecule has 0 aliphatic heterocycles. The van der Waals surface area contributed by atoms with Gasteiger partial charge < -0.3 is 5.32 Å². The van der Waals surface area contributed by atoms with Crippen molar-refractivity contribution in [2.24, 2.45) is 0 Å². The second-order valence-corrected chi connectivity index (χ2v) is 3.36. The maximum absolute atomic E-state index is 4.08. The summed E-state index contributed by atoms with van der Waals surface area (Å²) in [5, 5.41) is 5.79. The van der Waals surface area contributed by atoms with Crippen molar-refractivity contribution in [3.05, 3.63) is 36.7 Å². The Bertz CT molecular complexity index is 423. The van der Waals surface area contributed by atoms with Crippen LogP contribution in [-0.2, 0) is 0 Å². The number of rotatable bonds is 3. The van der Waals surface area contributed by atoms with E-state index in [4.69, 9.17) is 0 Å². The van der Waals surface area contributed by atoms with E-state index < -0.39 is 0 Å². The van der Waals surface area contributed by atoms with Gasteiger partial charge in [-0.25, -0.2) is 0 Å². The molecule has 2 aromatic rings. The van der Waals surface area contributed by atoms with Gasteiger partial charge in [0, 0.05) is 30.0 Å². The van der Waals surface area contributed by atoms with Crippen LogP contribution < -0.4 is 5.32 Å². The third kappa shape index (κ3) is 1.84. The van der Waals surface area contributed by atoms with Crippen LogP contribution in [0.1, 0.15) is 13.3 Å². The molecule has 0 unspecified atom stereocenters. The zero-order valence-electron chi connectivity index (χ0n) is 8.33. The van der Waals surface area contributed by atoms with Crippen molar-refractivity contribution in [1.29, 1.82) is 0 Å². The second-order valence-electron chi connectivity index (χ2n) is 3.36. The zero-order valence-corrected chi connectivity index (χ0v) is 8.33. The first-order valence-corrected chi connectivity index (χ1v) is 4.98. The van der Waals surface area contributed by atoms with Crippen molar-refractivity contribution in [1.82, 2.24) is 4.98 Å². The minimum Gasteiger partial charge on any atom is -0.385 e. The normalized spacial score (nSPS) is 10.4. The average molecular weight is 186 g/mol. The Kier molecular flexibility index (Phi) is 2.63. The largest absolute Gasteiger partial charge is 0.385 e. The molecule has 2 nitrogen and oxygen atoms in total. The summed E-state index contributed by atoms with van der Waals surface area (Å²) in [5.41, 5.74) is 1.19. The van der Waals surface area contributed by atoms with Crippen molar-refractivity contribution in [2.75, 3.05) is 11.9 Å². The smallest absolute Gasteiger partial charge is 0.0346 e. The number of nitrogens with zero attached hydrogens (tertiary/aromatic N) is 1. The highest BCUT2D eigenvalue weighted by molar-refractivity contribution is 5.84. The maximum atomic E-state index is 4.08. The molecule has 1 aromatic carbocycles. The summed E-state index contributed by atoms with van der Waals surface area (Å²) < 4.78 is 0. The molecule has 0 amide bonds. The summed E-state index contributed by atoms with van der Waals surface area (Å²) in [6, 6.07) is 8.39. The average Bonchev–Trinajstić information content (AvgIpc) is 2.26. The quantitative estimate of drug-likeness (QED) is 0.796. The van der Waals surface area contributed by atoms with Crippen molar-refractivity contribution >= 4 is 16.5 Å². The van der Waals surface area contributed by atoms with Crippen LogP contribution in [0.4, 0.5) is 5.69 Å².